The van der Waals surface area contributed by atoms with Gasteiger partial charge in [0, 0.05) is 12.2 Å². The van der Waals surface area contributed by atoms with Crippen molar-refractivity contribution in [3.05, 3.63) is 29.3 Å². The molecule has 0 heterocycles. The quantitative estimate of drug-likeness (QED) is 0.777. The van der Waals surface area contributed by atoms with Crippen LogP contribution in [-0.2, 0) is 4.79 Å². The Morgan fingerprint density at radius 2 is 1.89 bits per heavy atom. The standard InChI is InChI=1S/C14H21N3O2/c1-5-15-14(19)17-13(18)11(4)16-12-7-6-9(2)10(3)8-12/h6-8,11,16H,5H2,1-4H3,(H2,15,17,18,19)/t11-/m0/s1. The summed E-state index contributed by atoms with van der Waals surface area (Å²) in [5, 5.41) is 7.85. The molecular formula is C14H21N3O2. The molecular weight excluding hydrogens is 242 g/mol. The van der Waals surface area contributed by atoms with Crippen LogP contribution in [0.2, 0.25) is 0 Å². The second-order valence-electron chi connectivity index (χ2n) is 4.51. The summed E-state index contributed by atoms with van der Waals surface area (Å²) in [7, 11) is 0. The molecule has 1 rings (SSSR count). The highest BCUT2D eigenvalue weighted by atomic mass is 16.2. The third-order valence-corrected chi connectivity index (χ3v) is 2.86. The highest BCUT2D eigenvalue weighted by Crippen LogP contribution is 2.14. The molecule has 1 aromatic carbocycles. The zero-order valence-corrected chi connectivity index (χ0v) is 11.8. The van der Waals surface area contributed by atoms with Crippen LogP contribution in [0.3, 0.4) is 0 Å². The second kappa shape index (κ2) is 6.78. The number of benzene rings is 1. The van der Waals surface area contributed by atoms with Gasteiger partial charge in [0.25, 0.3) is 0 Å². The SMILES string of the molecule is CCNC(=O)NC(=O)[C@H](C)Nc1ccc(C)c(C)c1. The van der Waals surface area contributed by atoms with E-state index in [1.165, 1.54) is 5.56 Å². The molecule has 0 spiro atoms. The van der Waals surface area contributed by atoms with Gasteiger partial charge < -0.3 is 10.6 Å². The zero-order valence-electron chi connectivity index (χ0n) is 11.8. The van der Waals surface area contributed by atoms with Crippen molar-refractivity contribution in [2.24, 2.45) is 0 Å². The Morgan fingerprint density at radius 3 is 2.47 bits per heavy atom. The fraction of sp³-hybridized carbons (Fsp3) is 0.429. The van der Waals surface area contributed by atoms with E-state index >= 15 is 0 Å². The van der Waals surface area contributed by atoms with Gasteiger partial charge in [-0.1, -0.05) is 6.07 Å². The van der Waals surface area contributed by atoms with Gasteiger partial charge in [-0.05, 0) is 51.0 Å². The fourth-order valence-corrected chi connectivity index (χ4v) is 1.57. The molecule has 0 aliphatic heterocycles. The normalized spacial score (nSPS) is 11.6. The molecule has 1 atom stereocenters. The number of rotatable bonds is 4. The highest BCUT2D eigenvalue weighted by molar-refractivity contribution is 5.97. The van der Waals surface area contributed by atoms with Crippen molar-refractivity contribution < 1.29 is 9.59 Å². The van der Waals surface area contributed by atoms with E-state index in [1.807, 2.05) is 32.0 Å². The van der Waals surface area contributed by atoms with E-state index in [4.69, 9.17) is 0 Å². The number of carbonyl (C=O) groups is 2. The van der Waals surface area contributed by atoms with Crippen LogP contribution >= 0.6 is 0 Å². The lowest BCUT2D eigenvalue weighted by atomic mass is 10.1. The molecule has 1 aromatic rings. The first kappa shape index (κ1) is 15.0. The summed E-state index contributed by atoms with van der Waals surface area (Å²) in [6.45, 7) is 8.03. The van der Waals surface area contributed by atoms with E-state index in [0.717, 1.165) is 11.3 Å². The summed E-state index contributed by atoms with van der Waals surface area (Å²) >= 11 is 0. The molecule has 0 fully saturated rings. The van der Waals surface area contributed by atoms with E-state index < -0.39 is 12.1 Å². The number of hydrogen-bond donors (Lipinski definition) is 3. The number of amides is 3. The minimum absolute atomic E-state index is 0.357. The molecule has 0 bridgehead atoms. The van der Waals surface area contributed by atoms with Gasteiger partial charge in [0.1, 0.15) is 6.04 Å². The van der Waals surface area contributed by atoms with E-state index in [0.29, 0.717) is 6.54 Å². The Labute approximate surface area is 113 Å². The molecule has 0 aromatic heterocycles. The molecule has 104 valence electrons. The average Bonchev–Trinajstić information content (AvgIpc) is 2.34. The lowest BCUT2D eigenvalue weighted by molar-refractivity contribution is -0.120. The predicted octanol–water partition coefficient (Wildman–Crippen LogP) is 1.95. The van der Waals surface area contributed by atoms with Crippen LogP contribution in [0, 0.1) is 13.8 Å². The van der Waals surface area contributed by atoms with Crippen molar-refractivity contribution >= 4 is 17.6 Å². The Balaban J connectivity index is 2.58. The maximum absolute atomic E-state index is 11.8. The van der Waals surface area contributed by atoms with Gasteiger partial charge in [-0.25, -0.2) is 4.79 Å². The number of carbonyl (C=O) groups excluding carboxylic acids is 2. The number of urea groups is 1. The average molecular weight is 263 g/mol. The number of nitrogens with one attached hydrogen (secondary N) is 3. The summed E-state index contributed by atoms with van der Waals surface area (Å²) in [6.07, 6.45) is 0. The van der Waals surface area contributed by atoms with Gasteiger partial charge in [0.2, 0.25) is 5.91 Å². The highest BCUT2D eigenvalue weighted by Gasteiger charge is 2.15. The first-order chi connectivity index (χ1) is 8.93. The Morgan fingerprint density at radius 1 is 1.21 bits per heavy atom. The monoisotopic (exact) mass is 263 g/mol. The second-order valence-corrected chi connectivity index (χ2v) is 4.51. The van der Waals surface area contributed by atoms with Crippen LogP contribution in [0.1, 0.15) is 25.0 Å². The third kappa shape index (κ3) is 4.62. The van der Waals surface area contributed by atoms with Crippen LogP contribution in [0.5, 0.6) is 0 Å². The number of anilines is 1. The van der Waals surface area contributed by atoms with Gasteiger partial charge in [-0.15, -0.1) is 0 Å². The van der Waals surface area contributed by atoms with Crippen LogP contribution in [-0.4, -0.2) is 24.5 Å². The first-order valence-electron chi connectivity index (χ1n) is 6.36. The number of imide groups is 1. The molecule has 5 heteroatoms. The molecule has 0 aliphatic carbocycles. The minimum atomic E-state index is -0.482. The zero-order chi connectivity index (χ0) is 14.4. The minimum Gasteiger partial charge on any atom is -0.374 e. The van der Waals surface area contributed by atoms with Crippen molar-refractivity contribution in [2.45, 2.75) is 33.7 Å². The van der Waals surface area contributed by atoms with Crippen molar-refractivity contribution in [3.8, 4) is 0 Å². The van der Waals surface area contributed by atoms with Crippen molar-refractivity contribution in [1.29, 1.82) is 0 Å². The molecule has 3 amide bonds. The van der Waals surface area contributed by atoms with Gasteiger partial charge in [0.05, 0.1) is 0 Å². The number of hydrogen-bond acceptors (Lipinski definition) is 3. The van der Waals surface area contributed by atoms with Crippen LogP contribution in [0.4, 0.5) is 10.5 Å². The summed E-state index contributed by atoms with van der Waals surface area (Å²) in [5.74, 6) is -0.357. The first-order valence-corrected chi connectivity index (χ1v) is 6.36. The maximum Gasteiger partial charge on any atom is 0.321 e. The summed E-state index contributed by atoms with van der Waals surface area (Å²) < 4.78 is 0. The summed E-state index contributed by atoms with van der Waals surface area (Å²) in [4.78, 5) is 23.0. The lowest BCUT2D eigenvalue weighted by Crippen LogP contribution is -2.45. The van der Waals surface area contributed by atoms with E-state index in [9.17, 15) is 9.59 Å². The lowest BCUT2D eigenvalue weighted by Gasteiger charge is -2.15. The Hall–Kier alpha value is -2.04. The van der Waals surface area contributed by atoms with E-state index in [1.54, 1.807) is 13.8 Å². The largest absolute Gasteiger partial charge is 0.374 e. The van der Waals surface area contributed by atoms with E-state index in [2.05, 4.69) is 16.0 Å². The topological polar surface area (TPSA) is 70.2 Å². The van der Waals surface area contributed by atoms with E-state index in [-0.39, 0.29) is 5.91 Å². The third-order valence-electron chi connectivity index (χ3n) is 2.86. The van der Waals surface area contributed by atoms with Gasteiger partial charge in [-0.2, -0.15) is 0 Å². The molecule has 0 saturated carbocycles. The Kier molecular flexibility index (Phi) is 5.36. The molecule has 19 heavy (non-hydrogen) atoms. The van der Waals surface area contributed by atoms with Crippen LogP contribution in [0.15, 0.2) is 18.2 Å². The van der Waals surface area contributed by atoms with Crippen LogP contribution in [0.25, 0.3) is 0 Å². The van der Waals surface area contributed by atoms with Gasteiger partial charge >= 0.3 is 6.03 Å². The fourth-order valence-electron chi connectivity index (χ4n) is 1.57. The van der Waals surface area contributed by atoms with Crippen molar-refractivity contribution in [1.82, 2.24) is 10.6 Å². The summed E-state index contributed by atoms with van der Waals surface area (Å²) in [5.41, 5.74) is 3.22. The van der Waals surface area contributed by atoms with Crippen molar-refractivity contribution in [3.63, 3.8) is 0 Å². The van der Waals surface area contributed by atoms with Gasteiger partial charge in [0.15, 0.2) is 0 Å². The molecule has 5 nitrogen and oxygen atoms in total. The molecule has 0 saturated heterocycles. The molecule has 0 aliphatic rings. The molecule has 3 N–H and O–H groups in total. The van der Waals surface area contributed by atoms with Gasteiger partial charge in [-0.3, -0.25) is 10.1 Å². The predicted molar refractivity (Wildman–Crippen MR) is 76.2 cm³/mol. The summed E-state index contributed by atoms with van der Waals surface area (Å²) in [6, 6.07) is 4.93. The smallest absolute Gasteiger partial charge is 0.321 e. The molecule has 0 radical (unpaired) electrons. The maximum atomic E-state index is 11.8. The van der Waals surface area contributed by atoms with Crippen molar-refractivity contribution in [2.75, 3.05) is 11.9 Å². The molecule has 0 unspecified atom stereocenters. The number of aryl methyl sites for hydroxylation is 2. The Bertz CT molecular complexity index is 472. The van der Waals surface area contributed by atoms with Crippen LogP contribution < -0.4 is 16.0 Å².